The molecule has 0 saturated heterocycles. The van der Waals surface area contributed by atoms with Gasteiger partial charge in [-0.15, -0.1) is 11.3 Å². The van der Waals surface area contributed by atoms with Crippen LogP contribution in [-0.4, -0.2) is 49.1 Å². The molecule has 0 N–H and O–H groups in total. The zero-order valence-electron chi connectivity index (χ0n) is 15.9. The average molecular weight is 398 g/mol. The van der Waals surface area contributed by atoms with E-state index in [1.54, 1.807) is 17.4 Å². The molecule has 146 valence electrons. The van der Waals surface area contributed by atoms with Crippen molar-refractivity contribution >= 4 is 34.0 Å². The fourth-order valence-electron chi connectivity index (χ4n) is 2.98. The van der Waals surface area contributed by atoms with Crippen molar-refractivity contribution in [1.82, 2.24) is 9.88 Å². The van der Waals surface area contributed by atoms with Gasteiger partial charge in [-0.25, -0.2) is 9.78 Å². The second-order valence-electron chi connectivity index (χ2n) is 6.22. The number of amides is 1. The first-order chi connectivity index (χ1) is 13.6. The van der Waals surface area contributed by atoms with Crippen molar-refractivity contribution in [1.29, 1.82) is 0 Å². The summed E-state index contributed by atoms with van der Waals surface area (Å²) in [6.07, 6.45) is 0.711. The molecule has 0 aliphatic heterocycles. The number of hydrogen-bond donors (Lipinski definition) is 0. The smallest absolute Gasteiger partial charge is 0.357 e. The van der Waals surface area contributed by atoms with Crippen LogP contribution in [-0.2, 0) is 16.0 Å². The van der Waals surface area contributed by atoms with Gasteiger partial charge in [-0.3, -0.25) is 4.79 Å². The summed E-state index contributed by atoms with van der Waals surface area (Å²) in [6, 6.07) is 13.6. The first-order valence-corrected chi connectivity index (χ1v) is 9.80. The number of ether oxygens (including phenoxy) is 2. The van der Waals surface area contributed by atoms with Crippen LogP contribution in [0.15, 0.2) is 47.8 Å². The third-order valence-corrected chi connectivity index (χ3v) is 5.19. The molecule has 0 bridgehead atoms. The fraction of sp³-hybridized carbons (Fsp3) is 0.286. The van der Waals surface area contributed by atoms with Crippen LogP contribution in [0.4, 0.5) is 0 Å². The van der Waals surface area contributed by atoms with E-state index in [9.17, 15) is 9.59 Å². The first-order valence-electron chi connectivity index (χ1n) is 8.92. The summed E-state index contributed by atoms with van der Waals surface area (Å²) in [5, 5.41) is 4.27. The Hall–Kier alpha value is -2.77. The zero-order chi connectivity index (χ0) is 19.9. The molecule has 2 aromatic carbocycles. The highest BCUT2D eigenvalue weighted by molar-refractivity contribution is 7.09. The van der Waals surface area contributed by atoms with Crippen molar-refractivity contribution < 1.29 is 19.1 Å². The van der Waals surface area contributed by atoms with E-state index in [0.29, 0.717) is 36.7 Å². The SMILES string of the molecule is COCCCN(Cc1nc(C(=O)OC)cs1)C(=O)c1cccc2ccccc12. The number of nitrogens with zero attached hydrogens (tertiary/aromatic N) is 2. The molecule has 1 heterocycles. The van der Waals surface area contributed by atoms with Gasteiger partial charge in [0, 0.05) is 31.2 Å². The summed E-state index contributed by atoms with van der Waals surface area (Å²) in [6.45, 7) is 1.42. The number of thiazole rings is 1. The van der Waals surface area contributed by atoms with Crippen molar-refractivity contribution in [2.75, 3.05) is 27.4 Å². The summed E-state index contributed by atoms with van der Waals surface area (Å²) in [4.78, 5) is 31.0. The number of benzene rings is 2. The Morgan fingerprint density at radius 1 is 1.11 bits per heavy atom. The van der Waals surface area contributed by atoms with Crippen LogP contribution in [0, 0.1) is 0 Å². The van der Waals surface area contributed by atoms with Crippen molar-refractivity contribution in [3.8, 4) is 0 Å². The minimum Gasteiger partial charge on any atom is -0.464 e. The molecule has 0 radical (unpaired) electrons. The van der Waals surface area contributed by atoms with Gasteiger partial charge in [-0.05, 0) is 23.3 Å². The zero-order valence-corrected chi connectivity index (χ0v) is 16.7. The van der Waals surface area contributed by atoms with E-state index in [-0.39, 0.29) is 11.6 Å². The maximum atomic E-state index is 13.3. The van der Waals surface area contributed by atoms with Crippen molar-refractivity contribution in [2.24, 2.45) is 0 Å². The highest BCUT2D eigenvalue weighted by Gasteiger charge is 2.20. The average Bonchev–Trinajstić information content (AvgIpc) is 3.20. The second-order valence-corrected chi connectivity index (χ2v) is 7.16. The van der Waals surface area contributed by atoms with Crippen LogP contribution in [0.3, 0.4) is 0 Å². The highest BCUT2D eigenvalue weighted by Crippen LogP contribution is 2.22. The largest absolute Gasteiger partial charge is 0.464 e. The van der Waals surface area contributed by atoms with Crippen molar-refractivity contribution in [3.63, 3.8) is 0 Å². The Morgan fingerprint density at radius 3 is 2.68 bits per heavy atom. The van der Waals surface area contributed by atoms with Gasteiger partial charge in [-0.1, -0.05) is 36.4 Å². The molecule has 0 unspecified atom stereocenters. The summed E-state index contributed by atoms with van der Waals surface area (Å²) < 4.78 is 9.84. The monoisotopic (exact) mass is 398 g/mol. The number of fused-ring (bicyclic) bond motifs is 1. The molecule has 1 amide bonds. The van der Waals surface area contributed by atoms with E-state index in [1.807, 2.05) is 42.5 Å². The molecule has 28 heavy (non-hydrogen) atoms. The van der Waals surface area contributed by atoms with Gasteiger partial charge >= 0.3 is 5.97 Å². The number of hydrogen-bond acceptors (Lipinski definition) is 6. The lowest BCUT2D eigenvalue weighted by molar-refractivity contribution is 0.0594. The molecule has 0 aliphatic carbocycles. The van der Waals surface area contributed by atoms with Crippen LogP contribution >= 0.6 is 11.3 Å². The lowest BCUT2D eigenvalue weighted by Gasteiger charge is -2.22. The van der Waals surface area contributed by atoms with Crippen LogP contribution < -0.4 is 0 Å². The second kappa shape index (κ2) is 9.43. The van der Waals surface area contributed by atoms with Crippen LogP contribution in [0.1, 0.15) is 32.3 Å². The first kappa shape index (κ1) is 20.0. The fourth-order valence-corrected chi connectivity index (χ4v) is 3.76. The Morgan fingerprint density at radius 2 is 1.89 bits per heavy atom. The van der Waals surface area contributed by atoms with Gasteiger partial charge in [0.15, 0.2) is 5.69 Å². The number of aromatic nitrogens is 1. The molecule has 6 nitrogen and oxygen atoms in total. The molecule has 1 aromatic heterocycles. The standard InChI is InChI=1S/C21H22N2O4S/c1-26-12-6-11-23(13-19-22-18(14-28-19)21(25)27-2)20(24)17-10-5-8-15-7-3-4-9-16(15)17/h3-5,7-10,14H,6,11-13H2,1-2H3. The Balaban J connectivity index is 1.87. The highest BCUT2D eigenvalue weighted by atomic mass is 32.1. The molecule has 7 heteroatoms. The van der Waals surface area contributed by atoms with Crippen LogP contribution in [0.2, 0.25) is 0 Å². The van der Waals surface area contributed by atoms with Gasteiger partial charge in [0.2, 0.25) is 0 Å². The van der Waals surface area contributed by atoms with E-state index in [2.05, 4.69) is 4.98 Å². The molecular weight excluding hydrogens is 376 g/mol. The Kier molecular flexibility index (Phi) is 6.73. The summed E-state index contributed by atoms with van der Waals surface area (Å²) in [5.41, 5.74) is 0.914. The normalized spacial score (nSPS) is 10.8. The molecule has 0 atom stereocenters. The molecule has 3 aromatic rings. The van der Waals surface area contributed by atoms with Gasteiger partial charge in [-0.2, -0.15) is 0 Å². The maximum absolute atomic E-state index is 13.3. The van der Waals surface area contributed by atoms with E-state index < -0.39 is 5.97 Å². The van der Waals surface area contributed by atoms with Gasteiger partial charge in [0.25, 0.3) is 5.91 Å². The molecule has 0 spiro atoms. The van der Waals surface area contributed by atoms with E-state index in [0.717, 1.165) is 10.8 Å². The minimum absolute atomic E-state index is 0.0669. The van der Waals surface area contributed by atoms with Crippen molar-refractivity contribution in [3.05, 3.63) is 64.1 Å². The summed E-state index contributed by atoms with van der Waals surface area (Å²) in [7, 11) is 2.96. The third-order valence-electron chi connectivity index (χ3n) is 4.36. The van der Waals surface area contributed by atoms with Gasteiger partial charge in [0.05, 0.1) is 13.7 Å². The van der Waals surface area contributed by atoms with Crippen molar-refractivity contribution in [2.45, 2.75) is 13.0 Å². The molecule has 3 rings (SSSR count). The summed E-state index contributed by atoms with van der Waals surface area (Å²) in [5.74, 6) is -0.545. The van der Waals surface area contributed by atoms with Gasteiger partial charge < -0.3 is 14.4 Å². The quantitative estimate of drug-likeness (QED) is 0.427. The third kappa shape index (κ3) is 4.55. The predicted molar refractivity (Wildman–Crippen MR) is 109 cm³/mol. The Labute approximate surface area is 167 Å². The molecular formula is C21H22N2O4S. The predicted octanol–water partition coefficient (Wildman–Crippen LogP) is 3.76. The number of methoxy groups -OCH3 is 2. The van der Waals surface area contributed by atoms with Crippen LogP contribution in [0.5, 0.6) is 0 Å². The number of rotatable bonds is 8. The molecule has 0 saturated carbocycles. The van der Waals surface area contributed by atoms with E-state index in [1.165, 1.54) is 18.4 Å². The number of carbonyl (C=O) groups is 2. The van der Waals surface area contributed by atoms with Crippen LogP contribution in [0.25, 0.3) is 10.8 Å². The topological polar surface area (TPSA) is 68.7 Å². The molecule has 0 fully saturated rings. The lowest BCUT2D eigenvalue weighted by atomic mass is 10.0. The molecule has 0 aliphatic rings. The number of carbonyl (C=O) groups excluding carboxylic acids is 2. The van der Waals surface area contributed by atoms with Gasteiger partial charge in [0.1, 0.15) is 5.01 Å². The van der Waals surface area contributed by atoms with E-state index >= 15 is 0 Å². The maximum Gasteiger partial charge on any atom is 0.357 e. The minimum atomic E-state index is -0.478. The Bertz CT molecular complexity index is 964. The number of esters is 1. The van der Waals surface area contributed by atoms with E-state index in [4.69, 9.17) is 9.47 Å². The lowest BCUT2D eigenvalue weighted by Crippen LogP contribution is -2.32. The summed E-state index contributed by atoms with van der Waals surface area (Å²) >= 11 is 1.34.